The monoisotopic (exact) mass is 368 g/mol. The van der Waals surface area contributed by atoms with Crippen molar-refractivity contribution in [1.29, 1.82) is 0 Å². The lowest BCUT2D eigenvalue weighted by molar-refractivity contribution is 0.0473. The minimum Gasteiger partial charge on any atom is -0.508 e. The van der Waals surface area contributed by atoms with Gasteiger partial charge < -0.3 is 14.9 Å². The highest BCUT2D eigenvalue weighted by atomic mass is 16.5. The summed E-state index contributed by atoms with van der Waals surface area (Å²) in [5.74, 6) is -0.971. The van der Waals surface area contributed by atoms with Crippen molar-refractivity contribution in [3.63, 3.8) is 0 Å². The molecule has 5 aromatic rings. The largest absolute Gasteiger partial charge is 0.508 e. The summed E-state index contributed by atoms with van der Waals surface area (Å²) in [5, 5.41) is 26.1. The fourth-order valence-electron chi connectivity index (χ4n) is 3.86. The molecule has 5 aromatic carbocycles. The molecule has 0 aliphatic carbocycles. The van der Waals surface area contributed by atoms with Gasteiger partial charge in [0.15, 0.2) is 0 Å². The van der Waals surface area contributed by atoms with E-state index in [1.807, 2.05) is 12.1 Å². The number of rotatable bonds is 3. The van der Waals surface area contributed by atoms with Gasteiger partial charge in [0.05, 0.1) is 5.56 Å². The maximum Gasteiger partial charge on any atom is 0.338 e. The molecule has 0 bridgehead atoms. The van der Waals surface area contributed by atoms with Gasteiger partial charge in [-0.2, -0.15) is 0 Å². The molecule has 0 aromatic heterocycles. The highest BCUT2D eigenvalue weighted by molar-refractivity contribution is 6.23. The molecule has 4 heteroatoms. The standard InChI is InChI=1S/C24H16O4/c25-19-10-18(11-20(26)12-19)24(27)28-13-17-7-6-16-5-4-14-2-1-3-15-8-9-21(17)23(16)22(14)15/h1-12,25-26H,13H2. The fourth-order valence-corrected chi connectivity index (χ4v) is 3.86. The smallest absolute Gasteiger partial charge is 0.338 e. The predicted molar refractivity (Wildman–Crippen MR) is 109 cm³/mol. The van der Waals surface area contributed by atoms with Crippen LogP contribution in [0.3, 0.4) is 0 Å². The molecular formula is C24H16O4. The van der Waals surface area contributed by atoms with E-state index in [1.54, 1.807) is 0 Å². The third kappa shape index (κ3) is 2.58. The lowest BCUT2D eigenvalue weighted by Gasteiger charge is -2.14. The fraction of sp³-hybridized carbons (Fsp3) is 0.0417. The molecule has 5 rings (SSSR count). The van der Waals surface area contributed by atoms with E-state index in [0.29, 0.717) is 0 Å². The number of phenols is 2. The van der Waals surface area contributed by atoms with E-state index < -0.39 is 5.97 Å². The van der Waals surface area contributed by atoms with Crippen LogP contribution in [0.1, 0.15) is 15.9 Å². The lowest BCUT2D eigenvalue weighted by Crippen LogP contribution is -2.05. The van der Waals surface area contributed by atoms with Crippen LogP contribution in [0.5, 0.6) is 11.5 Å². The third-order valence-corrected chi connectivity index (χ3v) is 5.12. The average molecular weight is 368 g/mol. The summed E-state index contributed by atoms with van der Waals surface area (Å²) >= 11 is 0. The zero-order valence-electron chi connectivity index (χ0n) is 14.8. The lowest BCUT2D eigenvalue weighted by atomic mass is 9.92. The van der Waals surface area contributed by atoms with E-state index in [-0.39, 0.29) is 23.7 Å². The van der Waals surface area contributed by atoms with E-state index in [2.05, 4.69) is 42.5 Å². The molecule has 0 aliphatic heterocycles. The van der Waals surface area contributed by atoms with Crippen molar-refractivity contribution in [1.82, 2.24) is 0 Å². The second kappa shape index (κ2) is 6.13. The van der Waals surface area contributed by atoms with Crippen molar-refractivity contribution in [2.75, 3.05) is 0 Å². The summed E-state index contributed by atoms with van der Waals surface area (Å²) in [7, 11) is 0. The van der Waals surface area contributed by atoms with E-state index in [4.69, 9.17) is 4.74 Å². The number of aromatic hydroxyl groups is 2. The number of hydrogen-bond donors (Lipinski definition) is 2. The molecule has 136 valence electrons. The van der Waals surface area contributed by atoms with Gasteiger partial charge in [-0.15, -0.1) is 0 Å². The number of benzene rings is 5. The number of carbonyl (C=O) groups excluding carboxylic acids is 1. The number of hydrogen-bond acceptors (Lipinski definition) is 4. The Morgan fingerprint density at radius 3 is 2.07 bits per heavy atom. The highest BCUT2D eigenvalue weighted by Gasteiger charge is 2.14. The van der Waals surface area contributed by atoms with Crippen LogP contribution in [-0.4, -0.2) is 16.2 Å². The SMILES string of the molecule is O=C(OCc1ccc2ccc3cccc4ccc1c2c34)c1cc(O)cc(O)c1. The Balaban J connectivity index is 1.55. The molecule has 0 spiro atoms. The average Bonchev–Trinajstić information content (AvgIpc) is 2.70. The van der Waals surface area contributed by atoms with Crippen molar-refractivity contribution in [3.8, 4) is 11.5 Å². The molecule has 0 heterocycles. The molecule has 0 amide bonds. The summed E-state index contributed by atoms with van der Waals surface area (Å²) in [5.41, 5.74) is 1.01. The quantitative estimate of drug-likeness (QED) is 0.333. The number of esters is 1. The summed E-state index contributed by atoms with van der Waals surface area (Å²) in [6, 6.07) is 22.3. The van der Waals surface area contributed by atoms with Gasteiger partial charge in [-0.1, -0.05) is 54.6 Å². The van der Waals surface area contributed by atoms with Crippen LogP contribution in [0.4, 0.5) is 0 Å². The molecule has 0 unspecified atom stereocenters. The van der Waals surface area contributed by atoms with E-state index in [1.165, 1.54) is 33.7 Å². The first-order valence-corrected chi connectivity index (χ1v) is 8.96. The first-order chi connectivity index (χ1) is 13.6. The van der Waals surface area contributed by atoms with Crippen LogP contribution in [-0.2, 0) is 11.3 Å². The molecule has 0 fully saturated rings. The summed E-state index contributed by atoms with van der Waals surface area (Å²) < 4.78 is 5.45. The second-order valence-corrected chi connectivity index (χ2v) is 6.89. The summed E-state index contributed by atoms with van der Waals surface area (Å²) in [6.45, 7) is 0.101. The zero-order chi connectivity index (χ0) is 19.3. The molecule has 0 aliphatic rings. The summed E-state index contributed by atoms with van der Waals surface area (Å²) in [6.07, 6.45) is 0. The molecule has 0 saturated heterocycles. The molecule has 0 saturated carbocycles. The zero-order valence-corrected chi connectivity index (χ0v) is 14.8. The Morgan fingerprint density at radius 1 is 0.750 bits per heavy atom. The van der Waals surface area contributed by atoms with Gasteiger partial charge in [-0.25, -0.2) is 4.79 Å². The number of ether oxygens (including phenoxy) is 1. The first kappa shape index (κ1) is 16.4. The maximum absolute atomic E-state index is 12.3. The maximum atomic E-state index is 12.3. The number of phenolic OH excluding ortho intramolecular Hbond substituents is 2. The van der Waals surface area contributed by atoms with Gasteiger partial charge in [0.2, 0.25) is 0 Å². The van der Waals surface area contributed by atoms with Gasteiger partial charge in [0.25, 0.3) is 0 Å². The van der Waals surface area contributed by atoms with Crippen LogP contribution >= 0.6 is 0 Å². The normalized spacial score (nSPS) is 11.4. The topological polar surface area (TPSA) is 66.8 Å². The van der Waals surface area contributed by atoms with Gasteiger partial charge in [0, 0.05) is 6.07 Å². The minimum absolute atomic E-state index is 0.101. The van der Waals surface area contributed by atoms with E-state index in [0.717, 1.165) is 22.4 Å². The van der Waals surface area contributed by atoms with Crippen molar-refractivity contribution in [2.45, 2.75) is 6.61 Å². The van der Waals surface area contributed by atoms with Gasteiger partial charge in [-0.3, -0.25) is 0 Å². The highest BCUT2D eigenvalue weighted by Crippen LogP contribution is 2.36. The molecule has 2 N–H and O–H groups in total. The Kier molecular flexibility index (Phi) is 3.59. The van der Waals surface area contributed by atoms with Crippen LogP contribution < -0.4 is 0 Å². The minimum atomic E-state index is -0.600. The molecule has 28 heavy (non-hydrogen) atoms. The second-order valence-electron chi connectivity index (χ2n) is 6.89. The van der Waals surface area contributed by atoms with Crippen molar-refractivity contribution < 1.29 is 19.7 Å². The van der Waals surface area contributed by atoms with Crippen molar-refractivity contribution >= 4 is 38.3 Å². The first-order valence-electron chi connectivity index (χ1n) is 8.96. The van der Waals surface area contributed by atoms with Crippen LogP contribution in [0, 0.1) is 0 Å². The van der Waals surface area contributed by atoms with Gasteiger partial charge in [0.1, 0.15) is 18.1 Å². The summed E-state index contributed by atoms with van der Waals surface area (Å²) in [4.78, 5) is 12.3. The van der Waals surface area contributed by atoms with E-state index in [9.17, 15) is 15.0 Å². The molecule has 0 radical (unpaired) electrons. The third-order valence-electron chi connectivity index (χ3n) is 5.12. The van der Waals surface area contributed by atoms with E-state index >= 15 is 0 Å². The predicted octanol–water partition coefficient (Wildman–Crippen LogP) is 5.35. The van der Waals surface area contributed by atoms with Crippen molar-refractivity contribution in [2.24, 2.45) is 0 Å². The van der Waals surface area contributed by atoms with Crippen LogP contribution in [0.15, 0.2) is 72.8 Å². The Morgan fingerprint density at radius 2 is 1.36 bits per heavy atom. The van der Waals surface area contributed by atoms with Crippen molar-refractivity contribution in [3.05, 3.63) is 83.9 Å². The molecule has 4 nitrogen and oxygen atoms in total. The Bertz CT molecular complexity index is 1320. The number of carbonyl (C=O) groups is 1. The van der Waals surface area contributed by atoms with Crippen LogP contribution in [0.2, 0.25) is 0 Å². The molecular weight excluding hydrogens is 352 g/mol. The van der Waals surface area contributed by atoms with Gasteiger partial charge >= 0.3 is 5.97 Å². The Labute approximate surface area is 160 Å². The Hall–Kier alpha value is -3.79. The van der Waals surface area contributed by atoms with Crippen LogP contribution in [0.25, 0.3) is 32.3 Å². The molecule has 0 atom stereocenters. The van der Waals surface area contributed by atoms with Gasteiger partial charge in [-0.05, 0) is 50.0 Å².